The molecule has 0 amide bonds. The second-order valence-corrected chi connectivity index (χ2v) is 3.12. The molecule has 1 aromatic rings. The molecule has 0 unspecified atom stereocenters. The minimum atomic E-state index is -1.19. The normalized spacial score (nSPS) is 10.4. The van der Waals surface area contributed by atoms with Crippen LogP contribution in [-0.4, -0.2) is 5.97 Å². The number of halogens is 1. The van der Waals surface area contributed by atoms with Crippen molar-refractivity contribution in [2.24, 2.45) is 0 Å². The molecular formula is C9H6BrO2. The van der Waals surface area contributed by atoms with E-state index in [1.165, 1.54) is 6.08 Å². The van der Waals surface area contributed by atoms with Crippen LogP contribution in [0.25, 0.3) is 6.08 Å². The lowest BCUT2D eigenvalue weighted by molar-refractivity contribution is -0.137. The standard InChI is InChI=1S/C9H6BrO2/c10-8-3-1-2-7(6-8)4-5-9(11)12/h1-6H/b5-4+. The predicted octanol–water partition coefficient (Wildman–Crippen LogP) is 2.42. The van der Waals surface area contributed by atoms with Crippen LogP contribution >= 0.6 is 15.9 Å². The number of benzene rings is 1. The number of carbonyl (C=O) groups is 1. The van der Waals surface area contributed by atoms with E-state index in [9.17, 15) is 9.90 Å². The van der Waals surface area contributed by atoms with Crippen LogP contribution in [-0.2, 0) is 9.90 Å². The Morgan fingerprint density at radius 1 is 1.42 bits per heavy atom. The first kappa shape index (κ1) is 9.00. The van der Waals surface area contributed by atoms with Gasteiger partial charge in [0.2, 0.25) is 0 Å². The van der Waals surface area contributed by atoms with E-state index in [1.807, 2.05) is 24.3 Å². The lowest BCUT2D eigenvalue weighted by Crippen LogP contribution is -1.82. The monoisotopic (exact) mass is 225 g/mol. The predicted molar refractivity (Wildman–Crippen MR) is 48.9 cm³/mol. The zero-order valence-corrected chi connectivity index (χ0v) is 7.74. The highest BCUT2D eigenvalue weighted by atomic mass is 79.9. The molecule has 0 fully saturated rings. The topological polar surface area (TPSA) is 37.0 Å². The first-order chi connectivity index (χ1) is 5.68. The van der Waals surface area contributed by atoms with Crippen LogP contribution in [0.4, 0.5) is 0 Å². The van der Waals surface area contributed by atoms with Crippen molar-refractivity contribution in [2.75, 3.05) is 0 Å². The summed E-state index contributed by atoms with van der Waals surface area (Å²) in [6.07, 6.45) is 2.49. The largest absolute Gasteiger partial charge is 0.379 e. The Hall–Kier alpha value is -1.09. The average Bonchev–Trinajstić information content (AvgIpc) is 2.01. The third kappa shape index (κ3) is 2.88. The number of hydrogen-bond acceptors (Lipinski definition) is 1. The van der Waals surface area contributed by atoms with E-state index < -0.39 is 5.97 Å². The summed E-state index contributed by atoms with van der Waals surface area (Å²) >= 11 is 3.27. The number of rotatable bonds is 2. The molecule has 1 radical (unpaired) electrons. The van der Waals surface area contributed by atoms with Gasteiger partial charge >= 0.3 is 5.97 Å². The van der Waals surface area contributed by atoms with E-state index >= 15 is 0 Å². The van der Waals surface area contributed by atoms with Crippen molar-refractivity contribution in [2.45, 2.75) is 0 Å². The quantitative estimate of drug-likeness (QED) is 0.713. The SMILES string of the molecule is [O]C(=O)/C=C/c1cccc(Br)c1. The molecule has 61 valence electrons. The summed E-state index contributed by atoms with van der Waals surface area (Å²) in [5, 5.41) is 10.0. The molecule has 0 saturated heterocycles. The van der Waals surface area contributed by atoms with Gasteiger partial charge in [0.25, 0.3) is 0 Å². The summed E-state index contributed by atoms with van der Waals surface area (Å²) in [5.74, 6) is -1.19. The number of hydrogen-bond donors (Lipinski definition) is 0. The molecule has 0 spiro atoms. The summed E-state index contributed by atoms with van der Waals surface area (Å²) in [5.41, 5.74) is 0.827. The summed E-state index contributed by atoms with van der Waals surface area (Å²) in [6, 6.07) is 7.33. The molecule has 2 nitrogen and oxygen atoms in total. The summed E-state index contributed by atoms with van der Waals surface area (Å²) < 4.78 is 0.919. The van der Waals surface area contributed by atoms with Gasteiger partial charge in [-0.15, -0.1) is 0 Å². The minimum absolute atomic E-state index is 0.827. The Kier molecular flexibility index (Phi) is 3.05. The van der Waals surface area contributed by atoms with E-state index in [4.69, 9.17) is 0 Å². The van der Waals surface area contributed by atoms with Gasteiger partial charge in [-0.2, -0.15) is 0 Å². The van der Waals surface area contributed by atoms with E-state index in [-0.39, 0.29) is 0 Å². The molecular weight excluding hydrogens is 220 g/mol. The second kappa shape index (κ2) is 4.07. The summed E-state index contributed by atoms with van der Waals surface area (Å²) in [4.78, 5) is 10.0. The Labute approximate surface area is 78.7 Å². The Morgan fingerprint density at radius 3 is 2.75 bits per heavy atom. The molecule has 0 aliphatic carbocycles. The van der Waals surface area contributed by atoms with Crippen LogP contribution in [0.15, 0.2) is 34.8 Å². The Morgan fingerprint density at radius 2 is 2.17 bits per heavy atom. The van der Waals surface area contributed by atoms with Crippen molar-refractivity contribution in [1.82, 2.24) is 0 Å². The Balaban J connectivity index is 2.83. The fraction of sp³-hybridized carbons (Fsp3) is 0. The maximum atomic E-state index is 10.0. The van der Waals surface area contributed by atoms with Crippen LogP contribution in [0.5, 0.6) is 0 Å². The Bertz CT molecular complexity index is 318. The first-order valence-electron chi connectivity index (χ1n) is 3.33. The molecule has 0 aliphatic rings. The highest BCUT2D eigenvalue weighted by Gasteiger charge is 1.91. The molecule has 3 heteroatoms. The summed E-state index contributed by atoms with van der Waals surface area (Å²) in [6.45, 7) is 0. The van der Waals surface area contributed by atoms with Gasteiger partial charge in [-0.25, -0.2) is 9.90 Å². The first-order valence-corrected chi connectivity index (χ1v) is 4.12. The van der Waals surface area contributed by atoms with E-state index in [0.29, 0.717) is 0 Å². The van der Waals surface area contributed by atoms with Gasteiger partial charge in [-0.05, 0) is 23.8 Å². The lowest BCUT2D eigenvalue weighted by atomic mass is 10.2. The molecule has 0 atom stereocenters. The smallest absolute Gasteiger partial charge is 0.242 e. The van der Waals surface area contributed by atoms with Crippen LogP contribution < -0.4 is 0 Å². The van der Waals surface area contributed by atoms with Gasteiger partial charge in [-0.3, -0.25) is 0 Å². The molecule has 12 heavy (non-hydrogen) atoms. The van der Waals surface area contributed by atoms with Crippen molar-refractivity contribution < 1.29 is 9.90 Å². The molecule has 0 aromatic heterocycles. The van der Waals surface area contributed by atoms with Crippen molar-refractivity contribution in [3.8, 4) is 0 Å². The fourth-order valence-corrected chi connectivity index (χ4v) is 1.19. The van der Waals surface area contributed by atoms with E-state index in [2.05, 4.69) is 15.9 Å². The van der Waals surface area contributed by atoms with Crippen molar-refractivity contribution in [3.05, 3.63) is 40.4 Å². The molecule has 1 aromatic carbocycles. The van der Waals surface area contributed by atoms with Crippen LogP contribution in [0.3, 0.4) is 0 Å². The van der Waals surface area contributed by atoms with Crippen molar-refractivity contribution >= 4 is 28.0 Å². The maximum Gasteiger partial charge on any atom is 0.379 e. The van der Waals surface area contributed by atoms with Gasteiger partial charge in [0.15, 0.2) is 0 Å². The van der Waals surface area contributed by atoms with Gasteiger partial charge in [0.1, 0.15) is 0 Å². The van der Waals surface area contributed by atoms with Crippen molar-refractivity contribution in [1.29, 1.82) is 0 Å². The maximum absolute atomic E-state index is 10.0. The van der Waals surface area contributed by atoms with Crippen LogP contribution in [0.2, 0.25) is 0 Å². The minimum Gasteiger partial charge on any atom is -0.242 e. The molecule has 0 heterocycles. The lowest BCUT2D eigenvalue weighted by Gasteiger charge is -1.91. The van der Waals surface area contributed by atoms with Crippen LogP contribution in [0, 0.1) is 0 Å². The van der Waals surface area contributed by atoms with E-state index in [0.717, 1.165) is 16.1 Å². The van der Waals surface area contributed by atoms with E-state index in [1.54, 1.807) is 0 Å². The van der Waals surface area contributed by atoms with Crippen molar-refractivity contribution in [3.63, 3.8) is 0 Å². The van der Waals surface area contributed by atoms with Crippen LogP contribution in [0.1, 0.15) is 5.56 Å². The highest BCUT2D eigenvalue weighted by molar-refractivity contribution is 9.10. The summed E-state index contributed by atoms with van der Waals surface area (Å²) in [7, 11) is 0. The zero-order chi connectivity index (χ0) is 8.97. The zero-order valence-electron chi connectivity index (χ0n) is 6.16. The molecule has 0 bridgehead atoms. The van der Waals surface area contributed by atoms with Gasteiger partial charge in [-0.1, -0.05) is 28.1 Å². The fourth-order valence-electron chi connectivity index (χ4n) is 0.775. The van der Waals surface area contributed by atoms with Gasteiger partial charge in [0, 0.05) is 10.5 Å². The molecule has 0 N–H and O–H groups in total. The molecule has 1 rings (SSSR count). The average molecular weight is 226 g/mol. The third-order valence-corrected chi connectivity index (χ3v) is 1.75. The number of carbonyl (C=O) groups excluding carboxylic acids is 1. The van der Waals surface area contributed by atoms with Gasteiger partial charge < -0.3 is 0 Å². The third-order valence-electron chi connectivity index (χ3n) is 1.26. The highest BCUT2D eigenvalue weighted by Crippen LogP contribution is 2.12. The second-order valence-electron chi connectivity index (χ2n) is 2.21. The molecule has 0 saturated carbocycles. The van der Waals surface area contributed by atoms with Gasteiger partial charge in [0.05, 0.1) is 0 Å². The molecule has 0 aliphatic heterocycles.